The van der Waals surface area contributed by atoms with Gasteiger partial charge in [0.2, 0.25) is 0 Å². The lowest BCUT2D eigenvalue weighted by Crippen LogP contribution is -2.35. The van der Waals surface area contributed by atoms with Crippen LogP contribution in [0.5, 0.6) is 0 Å². The maximum Gasteiger partial charge on any atom is 0.315 e. The summed E-state index contributed by atoms with van der Waals surface area (Å²) in [5.41, 5.74) is 2.21. The maximum atomic E-state index is 12.5. The van der Waals surface area contributed by atoms with E-state index in [-0.39, 0.29) is 0 Å². The van der Waals surface area contributed by atoms with Crippen LogP contribution in [0.3, 0.4) is 0 Å². The Morgan fingerprint density at radius 2 is 1.40 bits per heavy atom. The van der Waals surface area contributed by atoms with Gasteiger partial charge >= 0.3 is 11.9 Å². The third kappa shape index (κ3) is 3.18. The number of esters is 2. The zero-order valence-corrected chi connectivity index (χ0v) is 14.1. The van der Waals surface area contributed by atoms with E-state index in [1.165, 1.54) is 14.2 Å². The van der Waals surface area contributed by atoms with Crippen LogP contribution >= 0.6 is 0 Å². The minimum Gasteiger partial charge on any atom is -0.469 e. The molecule has 0 bridgehead atoms. The number of hydrogen-bond donors (Lipinski definition) is 0. The van der Waals surface area contributed by atoms with Crippen LogP contribution in [0.1, 0.15) is 17.2 Å². The minimum atomic E-state index is -0.801. The summed E-state index contributed by atoms with van der Waals surface area (Å²) in [5.74, 6) is -2.52. The molecule has 5 nitrogen and oxygen atoms in total. The lowest BCUT2D eigenvalue weighted by Gasteiger charge is -2.21. The van der Waals surface area contributed by atoms with Gasteiger partial charge in [-0.15, -0.1) is 0 Å². The van der Waals surface area contributed by atoms with Crippen LogP contribution in [0.2, 0.25) is 0 Å². The average Bonchev–Trinajstić information content (AvgIpc) is 3.08. The van der Waals surface area contributed by atoms with Crippen LogP contribution in [0.25, 0.3) is 0 Å². The number of carbonyl (C=O) groups is 2. The highest BCUT2D eigenvalue weighted by Crippen LogP contribution is 2.41. The molecule has 0 saturated carbocycles. The summed E-state index contributed by atoms with van der Waals surface area (Å²) >= 11 is 0. The van der Waals surface area contributed by atoms with Gasteiger partial charge in [0.05, 0.1) is 26.0 Å². The molecule has 25 heavy (non-hydrogen) atoms. The van der Waals surface area contributed by atoms with Gasteiger partial charge in [0.25, 0.3) is 0 Å². The number of benzene rings is 2. The summed E-state index contributed by atoms with van der Waals surface area (Å²) in [4.78, 5) is 29.7. The van der Waals surface area contributed by atoms with Crippen molar-refractivity contribution in [1.29, 1.82) is 0 Å². The third-order valence-electron chi connectivity index (χ3n) is 4.41. The third-order valence-corrected chi connectivity index (χ3v) is 4.41. The molecule has 2 aromatic carbocycles. The number of rotatable bonds is 4. The zero-order chi connectivity index (χ0) is 17.8. The van der Waals surface area contributed by atoms with E-state index in [4.69, 9.17) is 14.5 Å². The van der Waals surface area contributed by atoms with Gasteiger partial charge in [-0.2, -0.15) is 0 Å². The molecule has 0 unspecified atom stereocenters. The first-order valence-corrected chi connectivity index (χ1v) is 8.01. The van der Waals surface area contributed by atoms with E-state index in [9.17, 15) is 9.59 Å². The Morgan fingerprint density at radius 3 is 1.96 bits per heavy atom. The molecule has 0 saturated heterocycles. The van der Waals surface area contributed by atoms with Crippen LogP contribution in [-0.4, -0.2) is 31.9 Å². The van der Waals surface area contributed by atoms with Gasteiger partial charge in [0.1, 0.15) is 11.8 Å². The topological polar surface area (TPSA) is 65.0 Å². The molecule has 0 fully saturated rings. The van der Waals surface area contributed by atoms with Crippen molar-refractivity contribution in [3.8, 4) is 0 Å². The lowest BCUT2D eigenvalue weighted by molar-refractivity contribution is -0.154. The molecule has 1 aliphatic rings. The van der Waals surface area contributed by atoms with Gasteiger partial charge in [-0.25, -0.2) is 0 Å². The van der Waals surface area contributed by atoms with Gasteiger partial charge in [-0.05, 0) is 11.1 Å². The van der Waals surface area contributed by atoms with Crippen molar-refractivity contribution < 1.29 is 19.1 Å². The number of hydrogen-bond acceptors (Lipinski definition) is 5. The first-order chi connectivity index (χ1) is 12.2. The summed E-state index contributed by atoms with van der Waals surface area (Å²) in [6, 6.07) is 18.3. The largest absolute Gasteiger partial charge is 0.469 e. The van der Waals surface area contributed by atoms with E-state index in [1.54, 1.807) is 0 Å². The highest BCUT2D eigenvalue weighted by atomic mass is 16.5. The molecule has 5 heteroatoms. The molecule has 2 aromatic rings. The molecule has 0 spiro atoms. The molecule has 0 radical (unpaired) electrons. The van der Waals surface area contributed by atoms with E-state index in [2.05, 4.69) is 0 Å². The van der Waals surface area contributed by atoms with Crippen LogP contribution in [0, 0.1) is 11.8 Å². The molecule has 3 rings (SSSR count). The molecule has 1 aliphatic heterocycles. The van der Waals surface area contributed by atoms with E-state index in [0.717, 1.165) is 11.1 Å². The van der Waals surface area contributed by atoms with Crippen molar-refractivity contribution in [3.63, 3.8) is 0 Å². The van der Waals surface area contributed by atoms with Crippen LogP contribution < -0.4 is 0 Å². The molecular weight excluding hydrogens is 318 g/mol. The van der Waals surface area contributed by atoms with Crippen molar-refractivity contribution in [2.45, 2.75) is 6.04 Å². The van der Waals surface area contributed by atoms with Crippen molar-refractivity contribution in [2.24, 2.45) is 16.8 Å². The molecule has 3 atom stereocenters. The predicted octanol–water partition coefficient (Wildman–Crippen LogP) is 2.81. The van der Waals surface area contributed by atoms with Crippen LogP contribution in [0.15, 0.2) is 65.7 Å². The van der Waals surface area contributed by atoms with E-state index < -0.39 is 29.8 Å². The van der Waals surface area contributed by atoms with Crippen molar-refractivity contribution in [1.82, 2.24) is 0 Å². The second kappa shape index (κ2) is 7.30. The quantitative estimate of drug-likeness (QED) is 0.805. The molecular formula is C20H19NO4. The Kier molecular flexibility index (Phi) is 4.93. The Hall–Kier alpha value is -2.95. The fourth-order valence-corrected chi connectivity index (χ4v) is 3.24. The Morgan fingerprint density at radius 1 is 0.840 bits per heavy atom. The fourth-order valence-electron chi connectivity index (χ4n) is 3.24. The fraction of sp³-hybridized carbons (Fsp3) is 0.250. The molecule has 128 valence electrons. The Balaban J connectivity index is 2.14. The second-order valence-corrected chi connectivity index (χ2v) is 5.79. The average molecular weight is 337 g/mol. The number of ether oxygens (including phenoxy) is 2. The van der Waals surface area contributed by atoms with Crippen molar-refractivity contribution in [3.05, 3.63) is 71.8 Å². The van der Waals surface area contributed by atoms with Gasteiger partial charge in [-0.3, -0.25) is 14.6 Å². The molecule has 0 N–H and O–H groups in total. The van der Waals surface area contributed by atoms with Crippen molar-refractivity contribution in [2.75, 3.05) is 14.2 Å². The Labute approximate surface area is 146 Å². The second-order valence-electron chi connectivity index (χ2n) is 5.79. The normalized spacial score (nSPS) is 22.2. The van der Waals surface area contributed by atoms with Gasteiger partial charge in [0.15, 0.2) is 0 Å². The standard InChI is InChI=1S/C20H19NO4/c1-24-19(22)15-16(20(23)25-2)18(14-11-7-4-8-12-14)21-17(15)13-9-5-3-6-10-13/h3-12,15-17H,1-2H3/t15-,16+,17-/m0/s1. The molecule has 0 aliphatic carbocycles. The van der Waals surface area contributed by atoms with Gasteiger partial charge < -0.3 is 9.47 Å². The number of aliphatic imine (C=N–C) groups is 1. The Bertz CT molecular complexity index is 786. The van der Waals surface area contributed by atoms with E-state index in [1.807, 2.05) is 60.7 Å². The van der Waals surface area contributed by atoms with Gasteiger partial charge in [-0.1, -0.05) is 60.7 Å². The summed E-state index contributed by atoms with van der Waals surface area (Å²) in [6.07, 6.45) is 0. The monoisotopic (exact) mass is 337 g/mol. The first kappa shape index (κ1) is 16.9. The highest BCUT2D eigenvalue weighted by molar-refractivity contribution is 6.15. The summed E-state index contributed by atoms with van der Waals surface area (Å²) < 4.78 is 9.94. The van der Waals surface area contributed by atoms with Crippen LogP contribution in [-0.2, 0) is 19.1 Å². The number of carbonyl (C=O) groups excluding carboxylic acids is 2. The first-order valence-electron chi connectivity index (χ1n) is 8.01. The summed E-state index contributed by atoms with van der Waals surface area (Å²) in [5, 5.41) is 0. The predicted molar refractivity (Wildman–Crippen MR) is 93.2 cm³/mol. The lowest BCUT2D eigenvalue weighted by atomic mass is 9.82. The number of nitrogens with zero attached hydrogens (tertiary/aromatic N) is 1. The summed E-state index contributed by atoms with van der Waals surface area (Å²) in [7, 11) is 2.63. The highest BCUT2D eigenvalue weighted by Gasteiger charge is 2.49. The zero-order valence-electron chi connectivity index (χ0n) is 14.1. The van der Waals surface area contributed by atoms with E-state index in [0.29, 0.717) is 5.71 Å². The van der Waals surface area contributed by atoms with Crippen molar-refractivity contribution >= 4 is 17.7 Å². The van der Waals surface area contributed by atoms with Gasteiger partial charge in [0, 0.05) is 0 Å². The van der Waals surface area contributed by atoms with Crippen LogP contribution in [0.4, 0.5) is 0 Å². The smallest absolute Gasteiger partial charge is 0.315 e. The minimum absolute atomic E-state index is 0.473. The maximum absolute atomic E-state index is 12.5. The number of methoxy groups -OCH3 is 2. The van der Waals surface area contributed by atoms with E-state index >= 15 is 0 Å². The molecule has 1 heterocycles. The SMILES string of the molecule is COC(=O)[C@H]1C(c2ccccc2)=N[C@@H](c2ccccc2)[C@H]1C(=O)OC. The molecule has 0 aromatic heterocycles. The summed E-state index contributed by atoms with van der Waals surface area (Å²) in [6.45, 7) is 0. The molecule has 0 amide bonds.